The largest absolute Gasteiger partial charge is 0.501 e. The highest BCUT2D eigenvalue weighted by molar-refractivity contribution is 5.10. The molecule has 7 heteroatoms. The molecule has 1 unspecified atom stereocenters. The molecule has 0 aromatic carbocycles. The number of ether oxygens (including phenoxy) is 2. The van der Waals surface area contributed by atoms with Crippen molar-refractivity contribution in [2.75, 3.05) is 26.4 Å². The van der Waals surface area contributed by atoms with Crippen LogP contribution < -0.4 is 5.32 Å². The zero-order valence-corrected chi connectivity index (χ0v) is 10.8. The molecule has 1 rings (SSSR count). The molecular formula is C12H19F4NO2. The Labute approximate surface area is 109 Å². The van der Waals surface area contributed by atoms with Gasteiger partial charge in [0.15, 0.2) is 0 Å². The number of alkyl halides is 4. The molecule has 0 saturated heterocycles. The second-order valence-corrected chi connectivity index (χ2v) is 4.35. The Morgan fingerprint density at radius 2 is 2.21 bits per heavy atom. The van der Waals surface area contributed by atoms with E-state index in [1.807, 2.05) is 6.92 Å². The first-order valence-corrected chi connectivity index (χ1v) is 6.25. The summed E-state index contributed by atoms with van der Waals surface area (Å²) in [5.41, 5.74) is 0.911. The lowest BCUT2D eigenvalue weighted by atomic mass is 10.0. The van der Waals surface area contributed by atoms with Crippen LogP contribution in [0.4, 0.5) is 17.6 Å². The Hall–Kier alpha value is -0.820. The van der Waals surface area contributed by atoms with E-state index in [1.54, 1.807) is 6.26 Å². The molecule has 0 aliphatic carbocycles. The van der Waals surface area contributed by atoms with Crippen LogP contribution in [-0.2, 0) is 9.47 Å². The first-order valence-electron chi connectivity index (χ1n) is 6.25. The Kier molecular flexibility index (Phi) is 6.57. The van der Waals surface area contributed by atoms with Crippen molar-refractivity contribution in [3.63, 3.8) is 0 Å². The molecule has 112 valence electrons. The molecule has 1 aliphatic heterocycles. The van der Waals surface area contributed by atoms with Crippen LogP contribution in [-0.4, -0.2) is 44.8 Å². The molecule has 0 bridgehead atoms. The Morgan fingerprint density at radius 1 is 1.47 bits per heavy atom. The van der Waals surface area contributed by atoms with Gasteiger partial charge < -0.3 is 14.8 Å². The van der Waals surface area contributed by atoms with Gasteiger partial charge in [0, 0.05) is 0 Å². The predicted molar refractivity (Wildman–Crippen MR) is 62.5 cm³/mol. The van der Waals surface area contributed by atoms with E-state index in [9.17, 15) is 17.6 Å². The van der Waals surface area contributed by atoms with Crippen molar-refractivity contribution in [3.8, 4) is 0 Å². The van der Waals surface area contributed by atoms with Gasteiger partial charge in [-0.2, -0.15) is 8.78 Å². The van der Waals surface area contributed by atoms with Crippen LogP contribution in [0.5, 0.6) is 0 Å². The van der Waals surface area contributed by atoms with Crippen LogP contribution in [0.15, 0.2) is 11.8 Å². The second-order valence-electron chi connectivity index (χ2n) is 4.35. The fourth-order valence-electron chi connectivity index (χ4n) is 1.76. The maximum absolute atomic E-state index is 12.7. The van der Waals surface area contributed by atoms with E-state index in [2.05, 4.69) is 5.32 Å². The summed E-state index contributed by atoms with van der Waals surface area (Å²) in [7, 11) is 0. The van der Waals surface area contributed by atoms with E-state index in [0.717, 1.165) is 18.4 Å². The van der Waals surface area contributed by atoms with Crippen LogP contribution in [0.1, 0.15) is 19.8 Å². The smallest absolute Gasteiger partial charge is 0.330 e. The van der Waals surface area contributed by atoms with E-state index in [-0.39, 0.29) is 12.6 Å². The molecule has 0 aromatic rings. The summed E-state index contributed by atoms with van der Waals surface area (Å²) in [6.45, 7) is 1.76. The number of halogens is 4. The molecule has 0 amide bonds. The third kappa shape index (κ3) is 5.36. The number of nitrogens with one attached hydrogen (secondary N) is 1. The number of hydrogen-bond acceptors (Lipinski definition) is 3. The predicted octanol–water partition coefficient (Wildman–Crippen LogP) is 2.58. The normalized spacial score (nSPS) is 18.1. The van der Waals surface area contributed by atoms with Gasteiger partial charge in [-0.25, -0.2) is 8.78 Å². The van der Waals surface area contributed by atoms with Crippen LogP contribution >= 0.6 is 0 Å². The Balaban J connectivity index is 2.44. The summed E-state index contributed by atoms with van der Waals surface area (Å²) >= 11 is 0. The highest BCUT2D eigenvalue weighted by Crippen LogP contribution is 2.23. The summed E-state index contributed by atoms with van der Waals surface area (Å²) in [6.07, 6.45) is -0.485. The molecule has 0 spiro atoms. The minimum atomic E-state index is -4.10. The van der Waals surface area contributed by atoms with Gasteiger partial charge in [-0.3, -0.25) is 0 Å². The third-order valence-corrected chi connectivity index (χ3v) is 2.76. The molecule has 1 aliphatic rings. The van der Waals surface area contributed by atoms with Crippen molar-refractivity contribution in [2.24, 2.45) is 0 Å². The van der Waals surface area contributed by atoms with Crippen LogP contribution in [0.25, 0.3) is 0 Å². The average Bonchev–Trinajstić information content (AvgIpc) is 2.38. The van der Waals surface area contributed by atoms with Crippen molar-refractivity contribution in [3.05, 3.63) is 11.8 Å². The SMILES string of the molecule is CCNC(COCC(F)(F)C(F)F)C1=COCCC1. The molecule has 0 fully saturated rings. The summed E-state index contributed by atoms with van der Waals surface area (Å²) in [5.74, 6) is -4.10. The topological polar surface area (TPSA) is 30.5 Å². The van der Waals surface area contributed by atoms with E-state index >= 15 is 0 Å². The number of rotatable bonds is 8. The van der Waals surface area contributed by atoms with Crippen molar-refractivity contribution in [1.82, 2.24) is 5.32 Å². The third-order valence-electron chi connectivity index (χ3n) is 2.76. The molecule has 0 saturated carbocycles. The van der Waals surface area contributed by atoms with Crippen molar-refractivity contribution >= 4 is 0 Å². The molecule has 1 atom stereocenters. The number of hydrogen-bond donors (Lipinski definition) is 1. The summed E-state index contributed by atoms with van der Waals surface area (Å²) in [4.78, 5) is 0. The fourth-order valence-corrected chi connectivity index (χ4v) is 1.76. The van der Waals surface area contributed by atoms with E-state index in [4.69, 9.17) is 9.47 Å². The molecule has 19 heavy (non-hydrogen) atoms. The minimum Gasteiger partial charge on any atom is -0.501 e. The van der Waals surface area contributed by atoms with Crippen LogP contribution in [0.2, 0.25) is 0 Å². The summed E-state index contributed by atoms with van der Waals surface area (Å²) in [5, 5.41) is 3.06. The van der Waals surface area contributed by atoms with Gasteiger partial charge in [0.1, 0.15) is 6.61 Å². The van der Waals surface area contributed by atoms with Gasteiger partial charge >= 0.3 is 12.3 Å². The zero-order chi connectivity index (χ0) is 14.3. The second kappa shape index (κ2) is 7.69. The van der Waals surface area contributed by atoms with Gasteiger partial charge in [-0.05, 0) is 25.0 Å². The van der Waals surface area contributed by atoms with Crippen LogP contribution in [0.3, 0.4) is 0 Å². The highest BCUT2D eigenvalue weighted by atomic mass is 19.3. The molecule has 0 aromatic heterocycles. The maximum atomic E-state index is 12.7. The van der Waals surface area contributed by atoms with E-state index < -0.39 is 19.0 Å². The maximum Gasteiger partial charge on any atom is 0.330 e. The van der Waals surface area contributed by atoms with Gasteiger partial charge in [0.25, 0.3) is 0 Å². The molecule has 0 radical (unpaired) electrons. The molecule has 1 N–H and O–H groups in total. The van der Waals surface area contributed by atoms with Crippen molar-refractivity contribution in [2.45, 2.75) is 38.2 Å². The van der Waals surface area contributed by atoms with E-state index in [1.165, 1.54) is 0 Å². The lowest BCUT2D eigenvalue weighted by molar-refractivity contribution is -0.166. The first-order chi connectivity index (χ1) is 8.97. The number of likely N-dealkylation sites (N-methyl/N-ethyl adjacent to an activating group) is 1. The quantitative estimate of drug-likeness (QED) is 0.695. The van der Waals surface area contributed by atoms with Gasteiger partial charge in [-0.15, -0.1) is 0 Å². The lowest BCUT2D eigenvalue weighted by Gasteiger charge is -2.24. The van der Waals surface area contributed by atoms with Gasteiger partial charge in [0.05, 0.1) is 25.5 Å². The summed E-state index contributed by atoms with van der Waals surface area (Å²) in [6, 6.07) is -0.279. The molecule has 3 nitrogen and oxygen atoms in total. The average molecular weight is 285 g/mol. The Bertz CT molecular complexity index is 297. The van der Waals surface area contributed by atoms with Gasteiger partial charge in [0.2, 0.25) is 0 Å². The fraction of sp³-hybridized carbons (Fsp3) is 0.833. The van der Waals surface area contributed by atoms with Gasteiger partial charge in [-0.1, -0.05) is 6.92 Å². The van der Waals surface area contributed by atoms with E-state index in [0.29, 0.717) is 13.2 Å². The molecular weight excluding hydrogens is 266 g/mol. The monoisotopic (exact) mass is 285 g/mol. The standard InChI is InChI=1S/C12H19F4NO2/c1-2-17-10(9-4-3-5-18-6-9)7-19-8-12(15,16)11(13)14/h6,10-11,17H,2-5,7-8H2,1H3. The first kappa shape index (κ1) is 16.2. The zero-order valence-electron chi connectivity index (χ0n) is 10.8. The van der Waals surface area contributed by atoms with Crippen molar-refractivity contribution in [1.29, 1.82) is 0 Å². The Morgan fingerprint density at radius 3 is 2.74 bits per heavy atom. The summed E-state index contributed by atoms with van der Waals surface area (Å²) < 4.78 is 59.2. The van der Waals surface area contributed by atoms with Crippen molar-refractivity contribution < 1.29 is 27.0 Å². The minimum absolute atomic E-state index is 0.0780. The highest BCUT2D eigenvalue weighted by Gasteiger charge is 2.41. The van der Waals surface area contributed by atoms with Crippen LogP contribution in [0, 0.1) is 0 Å². The molecule has 1 heterocycles. The lowest BCUT2D eigenvalue weighted by Crippen LogP contribution is -2.39.